The van der Waals surface area contributed by atoms with E-state index in [0.29, 0.717) is 5.69 Å². The molecule has 14 heteroatoms. The number of rotatable bonds is 11. The van der Waals surface area contributed by atoms with Crippen LogP contribution in [0.3, 0.4) is 0 Å². The average Bonchev–Trinajstić information content (AvgIpc) is 3.15. The second kappa shape index (κ2) is 14.6. The first-order valence-corrected chi connectivity index (χ1v) is 15.2. The zero-order valence-electron chi connectivity index (χ0n) is 26.5. The number of aliphatic hydroxyl groups is 1. The van der Waals surface area contributed by atoms with E-state index in [1.807, 2.05) is 31.2 Å². The lowest BCUT2D eigenvalue weighted by molar-refractivity contribution is -0.252. The van der Waals surface area contributed by atoms with Crippen LogP contribution in [0, 0.1) is 6.92 Å². The summed E-state index contributed by atoms with van der Waals surface area (Å²) < 4.78 is 27.3. The van der Waals surface area contributed by atoms with E-state index in [-0.39, 0.29) is 17.1 Å². The van der Waals surface area contributed by atoms with Gasteiger partial charge in [0.05, 0.1) is 12.2 Å². The molecule has 252 valence electrons. The average molecular weight is 674 g/mol. The number of halogens is 1. The van der Waals surface area contributed by atoms with Gasteiger partial charge in [-0.15, -0.1) is 0 Å². The Hall–Kier alpha value is -4.33. The Kier molecular flexibility index (Phi) is 11.0. The number of hydrogen-bond donors (Lipinski definition) is 1. The van der Waals surface area contributed by atoms with Crippen molar-refractivity contribution >= 4 is 52.9 Å². The predicted molar refractivity (Wildman–Crippen MR) is 164 cm³/mol. The van der Waals surface area contributed by atoms with E-state index in [1.165, 1.54) is 11.0 Å². The number of carbonyl (C=O) groups is 6. The van der Waals surface area contributed by atoms with Crippen LogP contribution in [-0.2, 0) is 64.6 Å². The highest BCUT2D eigenvalue weighted by Crippen LogP contribution is 2.45. The van der Waals surface area contributed by atoms with Crippen LogP contribution in [0.15, 0.2) is 42.5 Å². The number of amides is 1. The lowest BCUT2D eigenvalue weighted by Gasteiger charge is -2.44. The van der Waals surface area contributed by atoms with E-state index in [4.69, 9.17) is 35.3 Å². The molecule has 0 aliphatic carbocycles. The summed E-state index contributed by atoms with van der Waals surface area (Å²) in [4.78, 5) is 76.9. The van der Waals surface area contributed by atoms with Crippen LogP contribution in [0.5, 0.6) is 0 Å². The minimum atomic E-state index is -2.31. The Labute approximate surface area is 276 Å². The molecule has 4 rings (SSSR count). The van der Waals surface area contributed by atoms with E-state index in [2.05, 4.69) is 0 Å². The fraction of sp³-hybridized carbons (Fsp3) is 0.455. The summed E-state index contributed by atoms with van der Waals surface area (Å²) in [7, 11) is 0. The summed E-state index contributed by atoms with van der Waals surface area (Å²) in [6, 6.07) is 12.1. The number of hydrogen-bond acceptors (Lipinski definition) is 12. The molecular weight excluding hydrogens is 638 g/mol. The minimum absolute atomic E-state index is 0.116. The minimum Gasteiger partial charge on any atom is -0.463 e. The van der Waals surface area contributed by atoms with Crippen molar-refractivity contribution in [2.24, 2.45) is 0 Å². The third-order valence-electron chi connectivity index (χ3n) is 7.69. The van der Waals surface area contributed by atoms with Crippen LogP contribution >= 0.6 is 11.6 Å². The third-order valence-corrected chi connectivity index (χ3v) is 7.92. The van der Waals surface area contributed by atoms with E-state index in [1.54, 1.807) is 12.1 Å². The van der Waals surface area contributed by atoms with Crippen molar-refractivity contribution in [1.82, 2.24) is 0 Å². The van der Waals surface area contributed by atoms with Gasteiger partial charge in [-0.05, 0) is 30.7 Å². The lowest BCUT2D eigenvalue weighted by Crippen LogP contribution is -2.62. The zero-order valence-corrected chi connectivity index (χ0v) is 27.3. The van der Waals surface area contributed by atoms with E-state index in [0.717, 1.165) is 38.8 Å². The van der Waals surface area contributed by atoms with Crippen molar-refractivity contribution in [3.8, 4) is 0 Å². The number of carbonyl (C=O) groups excluding carboxylic acids is 6. The largest absolute Gasteiger partial charge is 0.463 e. The van der Waals surface area contributed by atoms with Gasteiger partial charge in [-0.3, -0.25) is 28.8 Å². The van der Waals surface area contributed by atoms with Gasteiger partial charge >= 0.3 is 23.9 Å². The molecule has 0 bridgehead atoms. The number of ketones is 1. The third kappa shape index (κ3) is 8.34. The molecule has 6 atom stereocenters. The Bertz CT molecular complexity index is 1580. The molecule has 1 N–H and O–H groups in total. The number of Topliss-reactive ketones (excluding diaryl/α,β-unsaturated/α-hetero) is 1. The SMILES string of the molecule is CC(=O)OC[C@H]1O[C@@H](CC(=O)CC2(O)C(=O)N(Cc3cccc(C)c3)c3ccc(Cl)cc32)[C@H](OC(C)=O)[C@@H](OC(C)=O)[C@@H]1OC(C)=O. The zero-order chi connectivity index (χ0) is 34.6. The van der Waals surface area contributed by atoms with Crippen LogP contribution in [0.25, 0.3) is 0 Å². The fourth-order valence-corrected chi connectivity index (χ4v) is 6.08. The maximum Gasteiger partial charge on any atom is 0.303 e. The molecule has 13 nitrogen and oxygen atoms in total. The Balaban J connectivity index is 1.66. The standard InChI is InChI=1S/C33H36ClNO12/c1-17-7-6-8-22(11-17)15-35-26-10-9-23(34)12-25(26)33(42,32(35)41)14-24(40)13-27-29(44-19(3)37)31(46-21(5)39)30(45-20(4)38)28(47-27)16-43-18(2)36/h6-12,27-31,42H,13-16H2,1-5H3/t27-,28+,29-,30+,31+,33?/m0/s1. The molecule has 1 amide bonds. The Morgan fingerprint density at radius 1 is 0.872 bits per heavy atom. The molecule has 2 aliphatic heterocycles. The van der Waals surface area contributed by atoms with Crippen molar-refractivity contribution in [1.29, 1.82) is 0 Å². The van der Waals surface area contributed by atoms with Crippen LogP contribution < -0.4 is 4.90 Å². The highest BCUT2D eigenvalue weighted by Gasteiger charge is 2.54. The first kappa shape index (κ1) is 35.5. The van der Waals surface area contributed by atoms with Gasteiger partial charge in [-0.1, -0.05) is 41.4 Å². The molecule has 2 aliphatic rings. The highest BCUT2D eigenvalue weighted by molar-refractivity contribution is 6.31. The summed E-state index contributed by atoms with van der Waals surface area (Å²) >= 11 is 6.25. The molecule has 0 spiro atoms. The second-order valence-corrected chi connectivity index (χ2v) is 12.0. The van der Waals surface area contributed by atoms with Gasteiger partial charge in [0.25, 0.3) is 5.91 Å². The quantitative estimate of drug-likeness (QED) is 0.274. The van der Waals surface area contributed by atoms with Crippen LogP contribution in [0.4, 0.5) is 5.69 Å². The number of benzene rings is 2. The number of fused-ring (bicyclic) bond motifs is 1. The molecule has 2 aromatic rings. The smallest absolute Gasteiger partial charge is 0.303 e. The number of aryl methyl sites for hydroxylation is 1. The van der Waals surface area contributed by atoms with Gasteiger partial charge in [0.15, 0.2) is 23.9 Å². The predicted octanol–water partition coefficient (Wildman–Crippen LogP) is 2.86. The molecule has 0 saturated carbocycles. The first-order valence-electron chi connectivity index (χ1n) is 14.8. The summed E-state index contributed by atoms with van der Waals surface area (Å²) in [6.45, 7) is 5.96. The second-order valence-electron chi connectivity index (χ2n) is 11.6. The molecule has 1 unspecified atom stereocenters. The number of esters is 4. The maximum absolute atomic E-state index is 13.9. The summed E-state index contributed by atoms with van der Waals surface area (Å²) in [6.07, 6.45) is -8.18. The topological polar surface area (TPSA) is 172 Å². The summed E-state index contributed by atoms with van der Waals surface area (Å²) in [5.74, 6) is -4.57. The van der Waals surface area contributed by atoms with Gasteiger partial charge < -0.3 is 33.7 Å². The van der Waals surface area contributed by atoms with Gasteiger partial charge in [-0.2, -0.15) is 0 Å². The van der Waals surface area contributed by atoms with Gasteiger partial charge in [0.2, 0.25) is 0 Å². The van der Waals surface area contributed by atoms with Crippen LogP contribution in [0.2, 0.25) is 5.02 Å². The van der Waals surface area contributed by atoms with Crippen molar-refractivity contribution < 1.29 is 57.6 Å². The van der Waals surface area contributed by atoms with Crippen molar-refractivity contribution in [3.63, 3.8) is 0 Å². The number of ether oxygens (including phenoxy) is 5. The summed E-state index contributed by atoms with van der Waals surface area (Å²) in [5.41, 5.74) is -0.0199. The maximum atomic E-state index is 13.9. The molecule has 1 saturated heterocycles. The molecule has 2 aromatic carbocycles. The summed E-state index contributed by atoms with van der Waals surface area (Å²) in [5, 5.41) is 12.1. The van der Waals surface area contributed by atoms with Crippen molar-refractivity contribution in [3.05, 3.63) is 64.2 Å². The van der Waals surface area contributed by atoms with Gasteiger partial charge in [0.1, 0.15) is 24.6 Å². The number of anilines is 1. The Morgan fingerprint density at radius 3 is 2.09 bits per heavy atom. The highest BCUT2D eigenvalue weighted by atomic mass is 35.5. The molecule has 0 radical (unpaired) electrons. The monoisotopic (exact) mass is 673 g/mol. The first-order chi connectivity index (χ1) is 22.1. The van der Waals surface area contributed by atoms with Crippen LogP contribution in [0.1, 0.15) is 57.2 Å². The molecule has 47 heavy (non-hydrogen) atoms. The molecule has 2 heterocycles. The Morgan fingerprint density at radius 2 is 1.49 bits per heavy atom. The van der Waals surface area contributed by atoms with Crippen molar-refractivity contribution in [2.75, 3.05) is 11.5 Å². The van der Waals surface area contributed by atoms with Crippen molar-refractivity contribution in [2.45, 2.75) is 90.1 Å². The van der Waals surface area contributed by atoms with E-state index >= 15 is 0 Å². The normalized spacial score (nSPS) is 25.0. The van der Waals surface area contributed by atoms with E-state index < -0.39 is 91.1 Å². The molecule has 0 aromatic heterocycles. The fourth-order valence-electron chi connectivity index (χ4n) is 5.91. The number of nitrogens with zero attached hydrogens (tertiary/aromatic N) is 1. The van der Waals surface area contributed by atoms with E-state index in [9.17, 15) is 33.9 Å². The van der Waals surface area contributed by atoms with Gasteiger partial charge in [0, 0.05) is 51.1 Å². The molecular formula is C33H36ClNO12. The molecule has 1 fully saturated rings. The van der Waals surface area contributed by atoms with Gasteiger partial charge in [-0.25, -0.2) is 0 Å². The van der Waals surface area contributed by atoms with Crippen LogP contribution in [-0.4, -0.2) is 77.8 Å². The lowest BCUT2D eigenvalue weighted by atomic mass is 9.86.